The van der Waals surface area contributed by atoms with Crippen LogP contribution in [0.5, 0.6) is 0 Å². The van der Waals surface area contributed by atoms with Gasteiger partial charge in [0.1, 0.15) is 0 Å². The Hall–Kier alpha value is -2.08. The maximum atomic E-state index is 11.7. The second kappa shape index (κ2) is 11.9. The Morgan fingerprint density at radius 1 is 1.43 bits per heavy atom. The summed E-state index contributed by atoms with van der Waals surface area (Å²) in [5.41, 5.74) is 6.77. The molecular formula is C19H26ClIN6O3. The van der Waals surface area contributed by atoms with Crippen LogP contribution in [0.1, 0.15) is 25.7 Å². The van der Waals surface area contributed by atoms with Gasteiger partial charge in [-0.25, -0.2) is 4.79 Å². The molecule has 0 radical (unpaired) electrons. The SMILES string of the molecule is CCOC(=O)N1CCC(NC(N)=NCCc2nc(-c3cccc(Cl)c3)no2)CC1.I. The van der Waals surface area contributed by atoms with E-state index in [9.17, 15) is 4.79 Å². The van der Waals surface area contributed by atoms with E-state index in [4.69, 9.17) is 26.6 Å². The molecule has 2 aromatic rings. The maximum Gasteiger partial charge on any atom is 0.409 e. The molecule has 1 aliphatic heterocycles. The number of ether oxygens (including phenoxy) is 1. The Morgan fingerprint density at radius 2 is 2.20 bits per heavy atom. The number of piperidine rings is 1. The molecule has 0 saturated carbocycles. The quantitative estimate of drug-likeness (QED) is 0.323. The summed E-state index contributed by atoms with van der Waals surface area (Å²) >= 11 is 5.99. The van der Waals surface area contributed by atoms with E-state index in [2.05, 4.69) is 20.4 Å². The number of nitrogens with two attached hydrogens (primary N) is 1. The molecule has 1 aliphatic rings. The molecule has 0 aliphatic carbocycles. The molecule has 1 saturated heterocycles. The van der Waals surface area contributed by atoms with E-state index in [1.807, 2.05) is 12.1 Å². The van der Waals surface area contributed by atoms with Crippen molar-refractivity contribution in [3.05, 3.63) is 35.2 Å². The first kappa shape index (κ1) is 24.2. The van der Waals surface area contributed by atoms with Crippen molar-refractivity contribution in [2.75, 3.05) is 26.2 Å². The number of amides is 1. The van der Waals surface area contributed by atoms with E-state index in [1.165, 1.54) is 0 Å². The average Bonchev–Trinajstić information content (AvgIpc) is 3.18. The third-order valence-electron chi connectivity index (χ3n) is 4.53. The van der Waals surface area contributed by atoms with Crippen LogP contribution >= 0.6 is 35.6 Å². The molecule has 11 heteroatoms. The van der Waals surface area contributed by atoms with Crippen molar-refractivity contribution >= 4 is 47.6 Å². The summed E-state index contributed by atoms with van der Waals surface area (Å²) in [6.07, 6.45) is 1.81. The molecule has 2 heterocycles. The first-order chi connectivity index (χ1) is 14.0. The van der Waals surface area contributed by atoms with Gasteiger partial charge in [0.05, 0.1) is 13.2 Å². The van der Waals surface area contributed by atoms with Gasteiger partial charge in [0.25, 0.3) is 0 Å². The predicted molar refractivity (Wildman–Crippen MR) is 125 cm³/mol. The van der Waals surface area contributed by atoms with Crippen LogP contribution in [0.25, 0.3) is 11.4 Å². The number of halogens is 2. The molecule has 0 bridgehead atoms. The van der Waals surface area contributed by atoms with Crippen molar-refractivity contribution in [3.63, 3.8) is 0 Å². The summed E-state index contributed by atoms with van der Waals surface area (Å²) in [6, 6.07) is 7.46. The summed E-state index contributed by atoms with van der Waals surface area (Å²) in [5.74, 6) is 1.35. The largest absolute Gasteiger partial charge is 0.450 e. The minimum atomic E-state index is -0.260. The van der Waals surface area contributed by atoms with Gasteiger partial charge < -0.3 is 25.2 Å². The number of carbonyl (C=O) groups excluding carboxylic acids is 1. The van der Waals surface area contributed by atoms with Crippen molar-refractivity contribution in [1.29, 1.82) is 0 Å². The van der Waals surface area contributed by atoms with E-state index in [0.29, 0.717) is 55.4 Å². The van der Waals surface area contributed by atoms with E-state index >= 15 is 0 Å². The highest BCUT2D eigenvalue weighted by Crippen LogP contribution is 2.20. The number of carbonyl (C=O) groups is 1. The predicted octanol–water partition coefficient (Wildman–Crippen LogP) is 3.08. The Morgan fingerprint density at radius 3 is 2.90 bits per heavy atom. The van der Waals surface area contributed by atoms with E-state index in [1.54, 1.807) is 24.0 Å². The smallest absolute Gasteiger partial charge is 0.409 e. The molecular weight excluding hydrogens is 523 g/mol. The minimum Gasteiger partial charge on any atom is -0.450 e. The maximum absolute atomic E-state index is 11.7. The summed E-state index contributed by atoms with van der Waals surface area (Å²) in [6.45, 7) is 3.89. The van der Waals surface area contributed by atoms with Crippen molar-refractivity contribution in [1.82, 2.24) is 20.4 Å². The Labute approximate surface area is 197 Å². The number of hydrogen-bond donors (Lipinski definition) is 2. The lowest BCUT2D eigenvalue weighted by molar-refractivity contribution is 0.0963. The molecule has 9 nitrogen and oxygen atoms in total. The number of aliphatic imine (C=N–C) groups is 1. The van der Waals surface area contributed by atoms with Gasteiger partial charge in [-0.1, -0.05) is 28.9 Å². The van der Waals surface area contributed by atoms with Gasteiger partial charge in [-0.15, -0.1) is 24.0 Å². The Kier molecular flexibility index (Phi) is 9.63. The molecule has 30 heavy (non-hydrogen) atoms. The van der Waals surface area contributed by atoms with E-state index in [0.717, 1.165) is 18.4 Å². The Bertz CT molecular complexity index is 854. The van der Waals surface area contributed by atoms with Gasteiger partial charge in [0.2, 0.25) is 11.7 Å². The van der Waals surface area contributed by atoms with Gasteiger partial charge in [0, 0.05) is 36.1 Å². The van der Waals surface area contributed by atoms with Crippen LogP contribution in [0.4, 0.5) is 4.79 Å². The monoisotopic (exact) mass is 548 g/mol. The summed E-state index contributed by atoms with van der Waals surface area (Å²) in [7, 11) is 0. The standard InChI is InChI=1S/C19H25ClN6O3.HI/c1-2-28-19(27)26-10-7-15(8-11-26)23-18(21)22-9-6-16-24-17(25-29-16)13-4-3-5-14(20)12-13;/h3-5,12,15H,2,6-11H2,1H3,(H3,21,22,23);1H. The van der Waals surface area contributed by atoms with Crippen molar-refractivity contribution in [2.24, 2.45) is 10.7 Å². The van der Waals surface area contributed by atoms with E-state index in [-0.39, 0.29) is 36.1 Å². The van der Waals surface area contributed by atoms with Crippen LogP contribution < -0.4 is 11.1 Å². The molecule has 1 aromatic carbocycles. The fraction of sp³-hybridized carbons (Fsp3) is 0.474. The van der Waals surface area contributed by atoms with Crippen LogP contribution in [0.2, 0.25) is 5.02 Å². The topological polar surface area (TPSA) is 119 Å². The fourth-order valence-electron chi connectivity index (χ4n) is 3.05. The fourth-order valence-corrected chi connectivity index (χ4v) is 3.24. The van der Waals surface area contributed by atoms with Crippen molar-refractivity contribution in [3.8, 4) is 11.4 Å². The van der Waals surface area contributed by atoms with Crippen LogP contribution in [-0.4, -0.2) is 59.4 Å². The van der Waals surface area contributed by atoms with Crippen LogP contribution in [0, 0.1) is 0 Å². The molecule has 164 valence electrons. The van der Waals surface area contributed by atoms with Gasteiger partial charge in [-0.05, 0) is 31.9 Å². The lowest BCUT2D eigenvalue weighted by Gasteiger charge is -2.31. The number of benzene rings is 1. The number of nitrogens with one attached hydrogen (secondary N) is 1. The van der Waals surface area contributed by atoms with E-state index < -0.39 is 0 Å². The van der Waals surface area contributed by atoms with Crippen LogP contribution in [0.15, 0.2) is 33.8 Å². The van der Waals surface area contributed by atoms with Crippen molar-refractivity contribution in [2.45, 2.75) is 32.2 Å². The van der Waals surface area contributed by atoms with Crippen LogP contribution in [0.3, 0.4) is 0 Å². The zero-order chi connectivity index (χ0) is 20.6. The number of guanidine groups is 1. The molecule has 0 atom stereocenters. The summed E-state index contributed by atoms with van der Waals surface area (Å²) in [4.78, 5) is 22.1. The molecule has 3 N–H and O–H groups in total. The van der Waals surface area contributed by atoms with Crippen LogP contribution in [-0.2, 0) is 11.2 Å². The summed E-state index contributed by atoms with van der Waals surface area (Å²) in [5, 5.41) is 7.79. The number of hydrogen-bond acceptors (Lipinski definition) is 6. The number of likely N-dealkylation sites (tertiary alicyclic amines) is 1. The van der Waals surface area contributed by atoms with Gasteiger partial charge in [0.15, 0.2) is 5.96 Å². The molecule has 1 fully saturated rings. The molecule has 1 aromatic heterocycles. The summed E-state index contributed by atoms with van der Waals surface area (Å²) < 4.78 is 10.3. The third kappa shape index (κ3) is 7.01. The first-order valence-corrected chi connectivity index (χ1v) is 9.99. The Balaban J connectivity index is 0.00000320. The number of aromatic nitrogens is 2. The zero-order valence-corrected chi connectivity index (χ0v) is 19.8. The molecule has 1 amide bonds. The second-order valence-electron chi connectivity index (χ2n) is 6.64. The first-order valence-electron chi connectivity index (χ1n) is 9.62. The zero-order valence-electron chi connectivity index (χ0n) is 16.7. The molecule has 0 spiro atoms. The number of nitrogens with zero attached hydrogens (tertiary/aromatic N) is 4. The second-order valence-corrected chi connectivity index (χ2v) is 7.08. The lowest BCUT2D eigenvalue weighted by atomic mass is 10.1. The van der Waals surface area contributed by atoms with Gasteiger partial charge in [-0.2, -0.15) is 4.98 Å². The van der Waals surface area contributed by atoms with Crippen molar-refractivity contribution < 1.29 is 14.1 Å². The molecule has 0 unspecified atom stereocenters. The van der Waals surface area contributed by atoms with Gasteiger partial charge >= 0.3 is 6.09 Å². The normalized spacial score (nSPS) is 14.9. The highest BCUT2D eigenvalue weighted by atomic mass is 127. The highest BCUT2D eigenvalue weighted by Gasteiger charge is 2.23. The third-order valence-corrected chi connectivity index (χ3v) is 4.77. The molecule has 3 rings (SSSR count). The lowest BCUT2D eigenvalue weighted by Crippen LogP contribution is -2.48. The highest BCUT2D eigenvalue weighted by molar-refractivity contribution is 14.0. The minimum absolute atomic E-state index is 0. The number of rotatable bonds is 6. The van der Waals surface area contributed by atoms with Gasteiger partial charge in [-0.3, -0.25) is 4.99 Å². The average molecular weight is 549 g/mol.